The second-order valence-corrected chi connectivity index (χ2v) is 16.8. The number of hydrogen-bond donors (Lipinski definition) is 2. The highest BCUT2D eigenvalue weighted by atomic mass is 15.3. The molecule has 296 valence electrons. The Balaban J connectivity index is 0.818. The predicted octanol–water partition coefficient (Wildman–Crippen LogP) is 6.15. The van der Waals surface area contributed by atoms with Gasteiger partial charge in [-0.1, -0.05) is 24.3 Å². The van der Waals surface area contributed by atoms with Crippen LogP contribution in [0.25, 0.3) is 22.1 Å². The van der Waals surface area contributed by atoms with Crippen molar-refractivity contribution in [1.82, 2.24) is 49.5 Å². The molecule has 4 saturated heterocycles. The number of aromatic amines is 2. The number of nitrogens with one attached hydrogen (secondary N) is 2. The van der Waals surface area contributed by atoms with Crippen LogP contribution >= 0.6 is 0 Å². The SMILES string of the molecule is Cc1cccnc1CN1CCCC1c1nc2c(N3CCN(CC4CN(C)CCN4c4cccc5[nH]c(CN6CCCC6c6ccccn6)nc45)CC3)cccc2[nH]1. The van der Waals surface area contributed by atoms with Crippen LogP contribution in [0.5, 0.6) is 0 Å². The van der Waals surface area contributed by atoms with Crippen molar-refractivity contribution in [3.8, 4) is 0 Å². The van der Waals surface area contributed by atoms with Crippen molar-refractivity contribution in [3.63, 3.8) is 0 Å². The second-order valence-electron chi connectivity index (χ2n) is 16.8. The summed E-state index contributed by atoms with van der Waals surface area (Å²) in [7, 11) is 2.27. The fourth-order valence-electron chi connectivity index (χ4n) is 10.1. The first-order chi connectivity index (χ1) is 28.0. The number of aromatic nitrogens is 6. The monoisotopic (exact) mass is 764 g/mol. The van der Waals surface area contributed by atoms with Crippen molar-refractivity contribution in [3.05, 3.63) is 108 Å². The van der Waals surface area contributed by atoms with E-state index in [4.69, 9.17) is 19.9 Å². The second kappa shape index (κ2) is 15.8. The van der Waals surface area contributed by atoms with Crippen LogP contribution in [-0.4, -0.2) is 128 Å². The molecular formula is C45H56N12. The van der Waals surface area contributed by atoms with E-state index in [1.165, 1.54) is 35.5 Å². The van der Waals surface area contributed by atoms with Gasteiger partial charge in [0.2, 0.25) is 0 Å². The fourth-order valence-corrected chi connectivity index (χ4v) is 10.1. The quantitative estimate of drug-likeness (QED) is 0.169. The Morgan fingerprint density at radius 3 is 2.23 bits per heavy atom. The van der Waals surface area contributed by atoms with E-state index in [9.17, 15) is 0 Å². The van der Waals surface area contributed by atoms with Gasteiger partial charge in [-0.15, -0.1) is 0 Å². The number of nitrogens with zero attached hydrogens (tertiary/aromatic N) is 10. The molecule has 2 aromatic carbocycles. The highest BCUT2D eigenvalue weighted by Gasteiger charge is 2.33. The Morgan fingerprint density at radius 1 is 0.667 bits per heavy atom. The largest absolute Gasteiger partial charge is 0.367 e. The van der Waals surface area contributed by atoms with Crippen molar-refractivity contribution in [2.45, 2.75) is 63.8 Å². The van der Waals surface area contributed by atoms with Crippen LogP contribution in [-0.2, 0) is 13.1 Å². The summed E-state index contributed by atoms with van der Waals surface area (Å²) in [4.78, 5) is 42.9. The standard InChI is InChI=1S/C45H56N12/c1-32-10-7-19-47-37(32)30-55-20-9-17-41(55)45-49-36-13-5-14-39(43(36)51-45)54-25-23-53(24-26-54)29-33-28-52(2)22-27-57(33)40-15-6-12-35-44(40)50-42(48-35)31-56-21-8-16-38(56)34-11-3-4-18-46-34/h3-7,10-15,18-19,33,38,41H,8-9,16-17,20-31H2,1-2H3,(H,48,50)(H,49,51). The van der Waals surface area contributed by atoms with Crippen LogP contribution in [0.1, 0.15) is 66.4 Å². The Hall–Kier alpha value is -4.88. The number of anilines is 2. The number of likely N-dealkylation sites (N-methyl/N-ethyl adjacent to an activating group) is 1. The molecule has 4 aromatic heterocycles. The third-order valence-corrected chi connectivity index (χ3v) is 13.1. The lowest BCUT2D eigenvalue weighted by molar-refractivity contribution is 0.192. The summed E-state index contributed by atoms with van der Waals surface area (Å²) >= 11 is 0. The molecule has 2 N–H and O–H groups in total. The van der Waals surface area contributed by atoms with Gasteiger partial charge in [-0.05, 0) is 101 Å². The molecule has 0 amide bonds. The predicted molar refractivity (Wildman–Crippen MR) is 227 cm³/mol. The van der Waals surface area contributed by atoms with Crippen LogP contribution in [0.4, 0.5) is 11.4 Å². The Kier molecular flexibility index (Phi) is 10.1. The minimum atomic E-state index is 0.286. The summed E-state index contributed by atoms with van der Waals surface area (Å²) in [6.07, 6.45) is 8.46. The first-order valence-electron chi connectivity index (χ1n) is 21.2. The molecule has 12 nitrogen and oxygen atoms in total. The maximum absolute atomic E-state index is 5.32. The Morgan fingerprint density at radius 2 is 1.42 bits per heavy atom. The molecule has 3 unspecified atom stereocenters. The van der Waals surface area contributed by atoms with Gasteiger partial charge >= 0.3 is 0 Å². The summed E-state index contributed by atoms with van der Waals surface area (Å²) in [5.41, 5.74) is 10.6. The lowest BCUT2D eigenvalue weighted by atomic mass is 10.1. The van der Waals surface area contributed by atoms with Crippen LogP contribution in [0.3, 0.4) is 0 Å². The third-order valence-electron chi connectivity index (χ3n) is 13.1. The van der Waals surface area contributed by atoms with E-state index in [0.717, 1.165) is 131 Å². The molecule has 0 spiro atoms. The summed E-state index contributed by atoms with van der Waals surface area (Å²) in [5, 5.41) is 0. The van der Waals surface area contributed by atoms with Crippen LogP contribution in [0, 0.1) is 6.92 Å². The van der Waals surface area contributed by atoms with Crippen molar-refractivity contribution in [2.75, 3.05) is 82.3 Å². The number of hydrogen-bond acceptors (Lipinski definition) is 10. The van der Waals surface area contributed by atoms with Crippen molar-refractivity contribution >= 4 is 33.4 Å². The third kappa shape index (κ3) is 7.40. The zero-order valence-electron chi connectivity index (χ0n) is 33.5. The van der Waals surface area contributed by atoms with Gasteiger partial charge in [0.15, 0.2) is 0 Å². The van der Waals surface area contributed by atoms with E-state index in [1.54, 1.807) is 0 Å². The van der Waals surface area contributed by atoms with Gasteiger partial charge in [0.25, 0.3) is 0 Å². The zero-order valence-corrected chi connectivity index (χ0v) is 33.5. The molecule has 4 fully saturated rings. The van der Waals surface area contributed by atoms with Crippen molar-refractivity contribution in [2.24, 2.45) is 0 Å². The van der Waals surface area contributed by atoms with Gasteiger partial charge in [0.05, 0.1) is 58.5 Å². The minimum Gasteiger partial charge on any atom is -0.367 e. The number of imidazole rings is 2. The smallest absolute Gasteiger partial charge is 0.124 e. The molecule has 4 aliphatic rings. The van der Waals surface area contributed by atoms with Crippen molar-refractivity contribution in [1.29, 1.82) is 0 Å². The first kappa shape index (κ1) is 36.5. The summed E-state index contributed by atoms with van der Waals surface area (Å²) in [6.45, 7) is 14.2. The van der Waals surface area contributed by atoms with E-state index in [2.05, 4.69) is 108 Å². The number of aryl methyl sites for hydroxylation is 1. The van der Waals surface area contributed by atoms with Crippen LogP contribution in [0.15, 0.2) is 79.1 Å². The maximum Gasteiger partial charge on any atom is 0.124 e. The highest BCUT2D eigenvalue weighted by Crippen LogP contribution is 2.36. The molecule has 0 aliphatic carbocycles. The molecule has 4 aliphatic heterocycles. The fraction of sp³-hybridized carbons (Fsp3) is 0.467. The molecule has 0 bridgehead atoms. The Bertz CT molecular complexity index is 2290. The number of likely N-dealkylation sites (tertiary alicyclic amines) is 2. The number of benzene rings is 2. The van der Waals surface area contributed by atoms with E-state index in [-0.39, 0.29) is 6.04 Å². The Labute approximate surface area is 335 Å². The number of fused-ring (bicyclic) bond motifs is 2. The van der Waals surface area contributed by atoms with Gasteiger partial charge in [-0.3, -0.25) is 24.7 Å². The van der Waals surface area contributed by atoms with Gasteiger partial charge < -0.3 is 24.7 Å². The summed E-state index contributed by atoms with van der Waals surface area (Å²) in [5.74, 6) is 2.13. The molecule has 57 heavy (non-hydrogen) atoms. The summed E-state index contributed by atoms with van der Waals surface area (Å²) in [6, 6.07) is 24.8. The van der Waals surface area contributed by atoms with Gasteiger partial charge in [0.1, 0.15) is 22.7 Å². The van der Waals surface area contributed by atoms with Gasteiger partial charge in [-0.2, -0.15) is 0 Å². The van der Waals surface area contributed by atoms with E-state index >= 15 is 0 Å². The number of para-hydroxylation sites is 2. The molecule has 8 heterocycles. The lowest BCUT2D eigenvalue weighted by Crippen LogP contribution is -2.58. The highest BCUT2D eigenvalue weighted by molar-refractivity contribution is 5.90. The average Bonchev–Trinajstić information content (AvgIpc) is 4.06. The minimum absolute atomic E-state index is 0.286. The van der Waals surface area contributed by atoms with Crippen molar-refractivity contribution < 1.29 is 0 Å². The molecule has 0 radical (unpaired) electrons. The first-order valence-corrected chi connectivity index (χ1v) is 21.2. The topological polar surface area (TPSA) is 103 Å². The van der Waals surface area contributed by atoms with E-state index in [1.807, 2.05) is 24.5 Å². The normalized spacial score (nSPS) is 23.1. The number of pyridine rings is 2. The molecule has 6 aromatic rings. The lowest BCUT2D eigenvalue weighted by Gasteiger charge is -2.45. The van der Waals surface area contributed by atoms with Crippen LogP contribution < -0.4 is 9.80 Å². The van der Waals surface area contributed by atoms with E-state index < -0.39 is 0 Å². The summed E-state index contributed by atoms with van der Waals surface area (Å²) < 4.78 is 0. The number of rotatable bonds is 10. The van der Waals surface area contributed by atoms with Gasteiger partial charge in [0, 0.05) is 71.3 Å². The molecule has 0 saturated carbocycles. The zero-order chi connectivity index (χ0) is 38.3. The molecular weight excluding hydrogens is 709 g/mol. The van der Waals surface area contributed by atoms with E-state index in [0.29, 0.717) is 12.1 Å². The molecule has 12 heteroatoms. The molecule has 10 rings (SSSR count). The van der Waals surface area contributed by atoms with Crippen LogP contribution in [0.2, 0.25) is 0 Å². The van der Waals surface area contributed by atoms with Gasteiger partial charge in [-0.25, -0.2) is 9.97 Å². The number of piperazine rings is 2. The number of H-pyrrole nitrogens is 2. The maximum atomic E-state index is 5.32. The molecule has 3 atom stereocenters. The average molecular weight is 765 g/mol.